The van der Waals surface area contributed by atoms with E-state index in [9.17, 15) is 18.9 Å². The van der Waals surface area contributed by atoms with Crippen LogP contribution in [-0.2, 0) is 0 Å². The van der Waals surface area contributed by atoms with Crippen molar-refractivity contribution in [2.75, 3.05) is 5.73 Å². The number of hydrogen-bond donors (Lipinski definition) is 1. The predicted octanol–water partition coefficient (Wildman–Crippen LogP) is 2.11. The first-order valence-electron chi connectivity index (χ1n) is 3.32. The summed E-state index contributed by atoms with van der Waals surface area (Å²) in [6.45, 7) is 0. The molecule has 1 rings (SSSR count). The van der Waals surface area contributed by atoms with Crippen LogP contribution in [0.15, 0.2) is 6.07 Å². The van der Waals surface area contributed by atoms with Crippen molar-refractivity contribution in [2.45, 2.75) is 6.43 Å². The van der Waals surface area contributed by atoms with Crippen molar-refractivity contribution < 1.29 is 13.7 Å². The number of alkyl halides is 2. The molecule has 0 bridgehead atoms. The summed E-state index contributed by atoms with van der Waals surface area (Å²) >= 11 is 1.45. The third-order valence-electron chi connectivity index (χ3n) is 1.40. The van der Waals surface area contributed by atoms with Crippen molar-refractivity contribution >= 4 is 34.2 Å². The lowest BCUT2D eigenvalue weighted by Crippen LogP contribution is -2.03. The highest BCUT2D eigenvalue weighted by Gasteiger charge is 2.24. The average molecular weight is 315 g/mol. The second kappa shape index (κ2) is 3.98. The largest absolute Gasteiger partial charge is 0.379 e. The molecule has 2 N–H and O–H groups in total. The van der Waals surface area contributed by atoms with Gasteiger partial charge in [0.05, 0.1) is 0 Å². The monoisotopic (exact) mass is 315 g/mol. The molecule has 8 heteroatoms. The van der Waals surface area contributed by atoms with Crippen LogP contribution >= 0.6 is 22.6 Å². The van der Waals surface area contributed by atoms with Crippen molar-refractivity contribution in [3.05, 3.63) is 25.3 Å². The molecule has 5 nitrogen and oxygen atoms in total. The molecule has 0 aliphatic rings. The summed E-state index contributed by atoms with van der Waals surface area (Å²) < 4.78 is 24.5. The smallest absolute Gasteiger partial charge is 0.363 e. The number of nitro groups is 1. The van der Waals surface area contributed by atoms with E-state index in [-0.39, 0.29) is 9.39 Å². The molecule has 0 aromatic carbocycles. The fourth-order valence-corrected chi connectivity index (χ4v) is 1.54. The third-order valence-corrected chi connectivity index (χ3v) is 2.50. The zero-order chi connectivity index (χ0) is 10.9. The van der Waals surface area contributed by atoms with E-state index in [1.165, 1.54) is 22.6 Å². The van der Waals surface area contributed by atoms with Crippen LogP contribution in [0, 0.1) is 13.7 Å². The minimum Gasteiger partial charge on any atom is -0.363 e. The van der Waals surface area contributed by atoms with Gasteiger partial charge in [-0.05, 0) is 32.5 Å². The van der Waals surface area contributed by atoms with Crippen LogP contribution in [0.5, 0.6) is 0 Å². The van der Waals surface area contributed by atoms with E-state index in [0.717, 1.165) is 6.07 Å². The first-order valence-corrected chi connectivity index (χ1v) is 4.39. The van der Waals surface area contributed by atoms with Gasteiger partial charge in [-0.3, -0.25) is 0 Å². The molecule has 0 radical (unpaired) electrons. The SMILES string of the molecule is Nc1cc(C(F)F)c(I)c([N+](=O)[O-])n1. The Hall–Kier alpha value is -1.06. The molecule has 1 heterocycles. The highest BCUT2D eigenvalue weighted by Crippen LogP contribution is 2.30. The van der Waals surface area contributed by atoms with Crippen LogP contribution in [0.3, 0.4) is 0 Å². The molecule has 0 atom stereocenters. The van der Waals surface area contributed by atoms with Gasteiger partial charge in [0.15, 0.2) is 0 Å². The summed E-state index contributed by atoms with van der Waals surface area (Å²) in [6, 6.07) is 0.930. The van der Waals surface area contributed by atoms with E-state index in [0.29, 0.717) is 0 Å². The molecule has 0 saturated carbocycles. The Bertz CT molecular complexity index is 386. The van der Waals surface area contributed by atoms with Gasteiger partial charge in [-0.2, -0.15) is 0 Å². The minimum absolute atomic E-state index is 0.184. The summed E-state index contributed by atoms with van der Waals surface area (Å²) in [7, 11) is 0. The fraction of sp³-hybridized carbons (Fsp3) is 0.167. The van der Waals surface area contributed by atoms with Crippen molar-refractivity contribution in [3.63, 3.8) is 0 Å². The Labute approximate surface area is 90.6 Å². The van der Waals surface area contributed by atoms with E-state index in [1.54, 1.807) is 0 Å². The second-order valence-electron chi connectivity index (χ2n) is 2.33. The van der Waals surface area contributed by atoms with Gasteiger partial charge in [0.25, 0.3) is 6.43 Å². The third kappa shape index (κ3) is 2.05. The Kier molecular flexibility index (Phi) is 3.13. The number of hydrogen-bond acceptors (Lipinski definition) is 4. The molecule has 0 aliphatic carbocycles. The maximum Gasteiger partial charge on any atom is 0.379 e. The van der Waals surface area contributed by atoms with Crippen LogP contribution < -0.4 is 5.73 Å². The van der Waals surface area contributed by atoms with Gasteiger partial charge in [-0.1, -0.05) is 0 Å². The Morgan fingerprint density at radius 3 is 2.64 bits per heavy atom. The number of nitrogens with two attached hydrogens (primary N) is 1. The average Bonchev–Trinajstić information content (AvgIpc) is 2.07. The second-order valence-corrected chi connectivity index (χ2v) is 3.41. The zero-order valence-electron chi connectivity index (χ0n) is 6.58. The molecule has 1 aromatic heterocycles. The van der Waals surface area contributed by atoms with E-state index in [2.05, 4.69) is 4.98 Å². The number of aromatic nitrogens is 1. The van der Waals surface area contributed by atoms with Crippen molar-refractivity contribution in [3.8, 4) is 0 Å². The number of nitrogens with zero attached hydrogens (tertiary/aromatic N) is 2. The lowest BCUT2D eigenvalue weighted by Gasteiger charge is -2.03. The fourth-order valence-electron chi connectivity index (χ4n) is 0.835. The lowest BCUT2D eigenvalue weighted by atomic mass is 10.2. The van der Waals surface area contributed by atoms with E-state index in [4.69, 9.17) is 5.73 Å². The Balaban J connectivity index is 3.40. The van der Waals surface area contributed by atoms with Gasteiger partial charge in [-0.15, -0.1) is 0 Å². The molecule has 0 unspecified atom stereocenters. The summed E-state index contributed by atoms with van der Waals surface area (Å²) in [6.07, 6.45) is -2.80. The number of anilines is 1. The maximum atomic E-state index is 12.3. The van der Waals surface area contributed by atoms with E-state index in [1.807, 2.05) is 0 Å². The van der Waals surface area contributed by atoms with Gasteiger partial charge in [-0.25, -0.2) is 8.78 Å². The van der Waals surface area contributed by atoms with Crippen molar-refractivity contribution in [1.82, 2.24) is 4.98 Å². The normalized spacial score (nSPS) is 10.6. The highest BCUT2D eigenvalue weighted by atomic mass is 127. The van der Waals surface area contributed by atoms with Crippen molar-refractivity contribution in [2.24, 2.45) is 0 Å². The van der Waals surface area contributed by atoms with Gasteiger partial charge in [0.2, 0.25) is 5.82 Å². The van der Waals surface area contributed by atoms with Crippen LogP contribution in [0.4, 0.5) is 20.4 Å². The lowest BCUT2D eigenvalue weighted by molar-refractivity contribution is -0.390. The topological polar surface area (TPSA) is 82.0 Å². The van der Waals surface area contributed by atoms with Crippen LogP contribution in [-0.4, -0.2) is 9.91 Å². The van der Waals surface area contributed by atoms with Crippen molar-refractivity contribution in [1.29, 1.82) is 0 Å². The first kappa shape index (κ1) is 11.0. The standard InChI is InChI=1S/C6H4F2IN3O2/c7-5(8)2-1-3(10)11-6(4(2)9)12(13)14/h1,5H,(H2,10,11). The Morgan fingerprint density at radius 2 is 2.21 bits per heavy atom. The number of pyridine rings is 1. The first-order chi connectivity index (χ1) is 6.43. The molecule has 0 fully saturated rings. The molecule has 0 amide bonds. The summed E-state index contributed by atoms with van der Waals surface area (Å²) in [5.74, 6) is -0.923. The highest BCUT2D eigenvalue weighted by molar-refractivity contribution is 14.1. The maximum absolute atomic E-state index is 12.3. The van der Waals surface area contributed by atoms with Gasteiger partial charge >= 0.3 is 5.82 Å². The number of rotatable bonds is 2. The summed E-state index contributed by atoms with van der Waals surface area (Å²) in [4.78, 5) is 12.9. The quantitative estimate of drug-likeness (QED) is 0.515. The molecule has 76 valence electrons. The molecule has 0 aliphatic heterocycles. The van der Waals surface area contributed by atoms with Gasteiger partial charge < -0.3 is 15.8 Å². The molecule has 0 saturated heterocycles. The van der Waals surface area contributed by atoms with Crippen LogP contribution in [0.1, 0.15) is 12.0 Å². The molecule has 0 spiro atoms. The molecular formula is C6H4F2IN3O2. The predicted molar refractivity (Wildman–Crippen MR) is 53.0 cm³/mol. The van der Waals surface area contributed by atoms with Crippen LogP contribution in [0.25, 0.3) is 0 Å². The minimum atomic E-state index is -2.80. The summed E-state index contributed by atoms with van der Waals surface area (Å²) in [5.41, 5.74) is 4.68. The van der Waals surface area contributed by atoms with E-state index < -0.39 is 22.7 Å². The molecule has 1 aromatic rings. The number of halogens is 3. The van der Waals surface area contributed by atoms with Gasteiger partial charge in [0, 0.05) is 11.6 Å². The zero-order valence-corrected chi connectivity index (χ0v) is 8.73. The Morgan fingerprint density at radius 1 is 1.64 bits per heavy atom. The molecular weight excluding hydrogens is 311 g/mol. The summed E-state index contributed by atoms with van der Waals surface area (Å²) in [5, 5.41) is 10.4. The van der Waals surface area contributed by atoms with Crippen LogP contribution in [0.2, 0.25) is 0 Å². The van der Waals surface area contributed by atoms with Gasteiger partial charge in [0.1, 0.15) is 3.57 Å². The van der Waals surface area contributed by atoms with E-state index >= 15 is 0 Å². The number of nitrogen functional groups attached to an aromatic ring is 1. The molecule has 14 heavy (non-hydrogen) atoms.